The summed E-state index contributed by atoms with van der Waals surface area (Å²) >= 11 is 0. The van der Waals surface area contributed by atoms with Gasteiger partial charge in [0.1, 0.15) is 0 Å². The summed E-state index contributed by atoms with van der Waals surface area (Å²) in [6, 6.07) is 8.22. The lowest BCUT2D eigenvalue weighted by molar-refractivity contribution is 0.102. The summed E-state index contributed by atoms with van der Waals surface area (Å²) in [5.41, 5.74) is 3.33. The molecule has 0 saturated carbocycles. The lowest BCUT2D eigenvalue weighted by Gasteiger charge is -2.14. The molecule has 0 saturated heterocycles. The molecule has 112 valence electrons. The molecule has 1 aromatic carbocycles. The second kappa shape index (κ2) is 7.04. The number of nitrogens with zero attached hydrogens (tertiary/aromatic N) is 1. The van der Waals surface area contributed by atoms with Crippen LogP contribution in [0.4, 0.5) is 5.69 Å². The molecule has 21 heavy (non-hydrogen) atoms. The number of hydrogen-bond acceptors (Lipinski definition) is 3. The van der Waals surface area contributed by atoms with Crippen LogP contribution >= 0.6 is 0 Å². The van der Waals surface area contributed by atoms with Gasteiger partial charge in [0.05, 0.1) is 11.8 Å². The van der Waals surface area contributed by atoms with Crippen LogP contribution in [-0.2, 0) is 0 Å². The highest BCUT2D eigenvalue weighted by atomic mass is 16.1. The Bertz CT molecular complexity index is 589. The summed E-state index contributed by atoms with van der Waals surface area (Å²) in [6.07, 6.45) is 2.65. The van der Waals surface area contributed by atoms with Crippen molar-refractivity contribution in [1.29, 1.82) is 0 Å². The fourth-order valence-corrected chi connectivity index (χ4v) is 2.11. The maximum Gasteiger partial charge on any atom is 0.259 e. The zero-order chi connectivity index (χ0) is 15.2. The minimum Gasteiger partial charge on any atom is -0.322 e. The Labute approximate surface area is 125 Å². The van der Waals surface area contributed by atoms with Crippen molar-refractivity contribution in [1.82, 2.24) is 15.5 Å². The zero-order valence-corrected chi connectivity index (χ0v) is 12.7. The van der Waals surface area contributed by atoms with Gasteiger partial charge in [-0.05, 0) is 44.5 Å². The molecule has 2 rings (SSSR count). The first-order chi connectivity index (χ1) is 10.1. The molecule has 1 aromatic heterocycles. The number of aromatic nitrogens is 2. The Morgan fingerprint density at radius 2 is 2.05 bits per heavy atom. The summed E-state index contributed by atoms with van der Waals surface area (Å²) in [4.78, 5) is 12.1. The maximum atomic E-state index is 12.1. The van der Waals surface area contributed by atoms with Crippen LogP contribution in [0, 0.1) is 6.92 Å². The second-order valence-corrected chi connectivity index (χ2v) is 5.16. The van der Waals surface area contributed by atoms with Gasteiger partial charge in [-0.3, -0.25) is 9.89 Å². The average molecular weight is 286 g/mol. The van der Waals surface area contributed by atoms with Crippen LogP contribution in [0.2, 0.25) is 0 Å². The predicted molar refractivity (Wildman–Crippen MR) is 84.4 cm³/mol. The lowest BCUT2D eigenvalue weighted by atomic mass is 10.1. The molecule has 0 fully saturated rings. The van der Waals surface area contributed by atoms with E-state index in [-0.39, 0.29) is 5.91 Å². The number of benzene rings is 1. The lowest BCUT2D eigenvalue weighted by Crippen LogP contribution is -2.19. The van der Waals surface area contributed by atoms with E-state index in [0.29, 0.717) is 11.6 Å². The van der Waals surface area contributed by atoms with E-state index in [1.807, 2.05) is 31.2 Å². The molecule has 5 heteroatoms. The largest absolute Gasteiger partial charge is 0.322 e. The van der Waals surface area contributed by atoms with Gasteiger partial charge in [-0.15, -0.1) is 0 Å². The summed E-state index contributed by atoms with van der Waals surface area (Å²) in [6.45, 7) is 7.11. The molecule has 0 bridgehead atoms. The molecule has 0 aliphatic heterocycles. The van der Waals surface area contributed by atoms with Crippen LogP contribution in [0.15, 0.2) is 30.5 Å². The van der Waals surface area contributed by atoms with E-state index in [1.54, 1.807) is 0 Å². The summed E-state index contributed by atoms with van der Waals surface area (Å²) in [5.74, 6) is -0.147. The van der Waals surface area contributed by atoms with Gasteiger partial charge in [-0.25, -0.2) is 0 Å². The molecule has 1 unspecified atom stereocenters. The van der Waals surface area contributed by atoms with E-state index in [4.69, 9.17) is 0 Å². The van der Waals surface area contributed by atoms with Crippen LogP contribution in [0.5, 0.6) is 0 Å². The highest BCUT2D eigenvalue weighted by Gasteiger charge is 2.11. The van der Waals surface area contributed by atoms with Gasteiger partial charge in [0.25, 0.3) is 5.91 Å². The maximum absolute atomic E-state index is 12.1. The van der Waals surface area contributed by atoms with Gasteiger partial charge in [-0.1, -0.05) is 19.1 Å². The first kappa shape index (κ1) is 15.3. The van der Waals surface area contributed by atoms with Crippen molar-refractivity contribution in [2.75, 3.05) is 11.9 Å². The van der Waals surface area contributed by atoms with Crippen molar-refractivity contribution in [2.45, 2.75) is 33.2 Å². The Morgan fingerprint density at radius 3 is 2.62 bits per heavy atom. The van der Waals surface area contributed by atoms with E-state index in [0.717, 1.165) is 24.3 Å². The number of carbonyl (C=O) groups excluding carboxylic acids is 1. The number of hydrogen-bond donors (Lipinski definition) is 3. The third-order valence-electron chi connectivity index (χ3n) is 3.44. The van der Waals surface area contributed by atoms with Crippen LogP contribution in [0.25, 0.3) is 0 Å². The van der Waals surface area contributed by atoms with Crippen molar-refractivity contribution in [2.24, 2.45) is 0 Å². The average Bonchev–Trinajstić information content (AvgIpc) is 2.91. The molecule has 2 aromatic rings. The summed E-state index contributed by atoms with van der Waals surface area (Å²) in [7, 11) is 0. The molecule has 1 amide bonds. The second-order valence-electron chi connectivity index (χ2n) is 5.16. The third kappa shape index (κ3) is 3.92. The first-order valence-electron chi connectivity index (χ1n) is 7.26. The molecule has 0 aliphatic rings. The number of amides is 1. The quantitative estimate of drug-likeness (QED) is 0.764. The minimum absolute atomic E-state index is 0.147. The van der Waals surface area contributed by atoms with Gasteiger partial charge in [0.15, 0.2) is 0 Å². The van der Waals surface area contributed by atoms with E-state index < -0.39 is 0 Å². The van der Waals surface area contributed by atoms with E-state index >= 15 is 0 Å². The minimum atomic E-state index is -0.147. The Balaban J connectivity index is 1.99. The molecular formula is C16H22N4O. The van der Waals surface area contributed by atoms with Crippen molar-refractivity contribution < 1.29 is 4.79 Å². The van der Waals surface area contributed by atoms with Gasteiger partial charge in [0.2, 0.25) is 0 Å². The van der Waals surface area contributed by atoms with E-state index in [9.17, 15) is 4.79 Å². The monoisotopic (exact) mass is 286 g/mol. The van der Waals surface area contributed by atoms with Gasteiger partial charge in [-0.2, -0.15) is 5.10 Å². The molecule has 0 spiro atoms. The number of carbonyl (C=O) groups is 1. The number of H-pyrrole nitrogens is 1. The number of anilines is 1. The van der Waals surface area contributed by atoms with Crippen molar-refractivity contribution in [3.63, 3.8) is 0 Å². The molecule has 1 heterocycles. The number of aromatic amines is 1. The third-order valence-corrected chi connectivity index (χ3v) is 3.44. The first-order valence-corrected chi connectivity index (χ1v) is 7.26. The number of aryl methyl sites for hydroxylation is 1. The Hall–Kier alpha value is -2.14. The Morgan fingerprint density at radius 1 is 1.33 bits per heavy atom. The fraction of sp³-hybridized carbons (Fsp3) is 0.375. The van der Waals surface area contributed by atoms with Crippen LogP contribution in [0.3, 0.4) is 0 Å². The number of nitrogens with one attached hydrogen (secondary N) is 3. The van der Waals surface area contributed by atoms with Gasteiger partial charge < -0.3 is 10.6 Å². The summed E-state index contributed by atoms with van der Waals surface area (Å²) < 4.78 is 0. The van der Waals surface area contributed by atoms with Crippen LogP contribution < -0.4 is 10.6 Å². The Kier molecular flexibility index (Phi) is 5.11. The van der Waals surface area contributed by atoms with Crippen molar-refractivity contribution in [3.05, 3.63) is 47.3 Å². The van der Waals surface area contributed by atoms with Crippen LogP contribution in [0.1, 0.15) is 47.9 Å². The highest BCUT2D eigenvalue weighted by Crippen LogP contribution is 2.17. The smallest absolute Gasteiger partial charge is 0.259 e. The molecule has 3 N–H and O–H groups in total. The van der Waals surface area contributed by atoms with Crippen LogP contribution in [-0.4, -0.2) is 22.6 Å². The van der Waals surface area contributed by atoms with E-state index in [2.05, 4.69) is 34.7 Å². The predicted octanol–water partition coefficient (Wildman–Crippen LogP) is 3.03. The van der Waals surface area contributed by atoms with Gasteiger partial charge >= 0.3 is 0 Å². The zero-order valence-electron chi connectivity index (χ0n) is 12.7. The standard InChI is InChI=1S/C16H22N4O/c1-4-9-17-11(2)13-5-7-14(8-6-13)19-16(21)15-10-18-20-12(15)3/h5-8,10-11,17H,4,9H2,1-3H3,(H,18,20)(H,19,21). The molecular weight excluding hydrogens is 264 g/mol. The number of rotatable bonds is 6. The molecule has 0 radical (unpaired) electrons. The topological polar surface area (TPSA) is 69.8 Å². The van der Waals surface area contributed by atoms with E-state index in [1.165, 1.54) is 11.8 Å². The van der Waals surface area contributed by atoms with Crippen molar-refractivity contribution in [3.8, 4) is 0 Å². The molecule has 1 atom stereocenters. The SMILES string of the molecule is CCCNC(C)c1ccc(NC(=O)c2cn[nH]c2C)cc1. The van der Waals surface area contributed by atoms with Crippen molar-refractivity contribution >= 4 is 11.6 Å². The van der Waals surface area contributed by atoms with Gasteiger partial charge in [0, 0.05) is 17.4 Å². The molecule has 5 nitrogen and oxygen atoms in total. The normalized spacial score (nSPS) is 12.1. The highest BCUT2D eigenvalue weighted by molar-refractivity contribution is 6.04. The molecule has 0 aliphatic carbocycles. The fourth-order valence-electron chi connectivity index (χ4n) is 2.11. The summed E-state index contributed by atoms with van der Waals surface area (Å²) in [5, 5.41) is 12.9.